The molecule has 2 heterocycles. The van der Waals surface area contributed by atoms with Gasteiger partial charge in [0.05, 0.1) is 12.3 Å². The van der Waals surface area contributed by atoms with E-state index in [-0.39, 0.29) is 18.9 Å². The Kier molecular flexibility index (Phi) is 4.06. The number of nitrogens with one attached hydrogen (secondary N) is 1. The molecule has 1 saturated heterocycles. The summed E-state index contributed by atoms with van der Waals surface area (Å²) in [5, 5.41) is 17.0. The number of carboxylic acid groups (broad SMARTS) is 1. The van der Waals surface area contributed by atoms with Gasteiger partial charge < -0.3 is 19.8 Å². The van der Waals surface area contributed by atoms with Crippen molar-refractivity contribution < 1.29 is 19.2 Å². The van der Waals surface area contributed by atoms with Crippen molar-refractivity contribution in [3.05, 3.63) is 30.0 Å². The molecule has 0 aliphatic carbocycles. The van der Waals surface area contributed by atoms with E-state index < -0.39 is 11.9 Å². The average molecular weight is 303 g/mol. The van der Waals surface area contributed by atoms with Crippen molar-refractivity contribution in [2.75, 3.05) is 26.2 Å². The molecule has 22 heavy (non-hydrogen) atoms. The number of carbonyl (C=O) groups is 2. The van der Waals surface area contributed by atoms with Gasteiger partial charge in [0.1, 0.15) is 5.69 Å². The second-order valence-corrected chi connectivity index (χ2v) is 5.38. The highest BCUT2D eigenvalue weighted by atomic mass is 16.5. The van der Waals surface area contributed by atoms with Crippen LogP contribution in [0.25, 0.3) is 11.0 Å². The first kappa shape index (κ1) is 14.5. The first-order valence-electron chi connectivity index (χ1n) is 7.19. The summed E-state index contributed by atoms with van der Waals surface area (Å²) in [6.45, 7) is 1.69. The quantitative estimate of drug-likeness (QED) is 0.857. The monoisotopic (exact) mass is 303 g/mol. The fourth-order valence-corrected chi connectivity index (χ4v) is 2.62. The molecule has 1 atom stereocenters. The number of benzene rings is 1. The van der Waals surface area contributed by atoms with Gasteiger partial charge in [-0.25, -0.2) is 0 Å². The van der Waals surface area contributed by atoms with Crippen molar-refractivity contribution in [3.63, 3.8) is 0 Å². The van der Waals surface area contributed by atoms with Gasteiger partial charge in [0, 0.05) is 31.6 Å². The number of fused-ring (bicyclic) bond motifs is 1. The molecule has 116 valence electrons. The first-order chi connectivity index (χ1) is 10.6. The zero-order valence-electron chi connectivity index (χ0n) is 12.0. The van der Waals surface area contributed by atoms with E-state index in [0.717, 1.165) is 5.39 Å². The molecule has 7 nitrogen and oxygen atoms in total. The molecule has 2 N–H and O–H groups in total. The van der Waals surface area contributed by atoms with E-state index in [1.165, 1.54) is 0 Å². The molecule has 1 amide bonds. The summed E-state index contributed by atoms with van der Waals surface area (Å²) >= 11 is 0. The van der Waals surface area contributed by atoms with Crippen molar-refractivity contribution in [1.82, 2.24) is 15.4 Å². The van der Waals surface area contributed by atoms with Crippen molar-refractivity contribution in [3.8, 4) is 0 Å². The second kappa shape index (κ2) is 6.15. The van der Waals surface area contributed by atoms with Crippen molar-refractivity contribution in [2.24, 2.45) is 5.92 Å². The Morgan fingerprint density at radius 3 is 3.05 bits per heavy atom. The van der Waals surface area contributed by atoms with Crippen molar-refractivity contribution >= 4 is 22.8 Å². The molecule has 1 aliphatic rings. The molecule has 1 aromatic heterocycles. The number of amides is 1. The van der Waals surface area contributed by atoms with Crippen LogP contribution in [0, 0.1) is 5.92 Å². The van der Waals surface area contributed by atoms with Crippen molar-refractivity contribution in [2.45, 2.75) is 6.42 Å². The van der Waals surface area contributed by atoms with Gasteiger partial charge in [-0.2, -0.15) is 0 Å². The number of hydrogen-bond acceptors (Lipinski definition) is 5. The Bertz CT molecular complexity index is 697. The molecule has 0 spiro atoms. The van der Waals surface area contributed by atoms with Gasteiger partial charge >= 0.3 is 5.97 Å². The molecule has 0 radical (unpaired) electrons. The second-order valence-electron chi connectivity index (χ2n) is 5.38. The van der Waals surface area contributed by atoms with Crippen LogP contribution in [0.3, 0.4) is 0 Å². The van der Waals surface area contributed by atoms with E-state index >= 15 is 0 Å². The average Bonchev–Trinajstić information content (AvgIpc) is 2.75. The number of nitrogens with zero attached hydrogens (tertiary/aromatic N) is 2. The molecule has 1 fully saturated rings. The minimum absolute atomic E-state index is 0.114. The molecular formula is C15H17N3O4. The number of aromatic nitrogens is 1. The first-order valence-corrected chi connectivity index (χ1v) is 7.19. The van der Waals surface area contributed by atoms with Gasteiger partial charge in [0.25, 0.3) is 0 Å². The molecule has 0 bridgehead atoms. The molecule has 0 saturated carbocycles. The number of carboxylic acids is 1. The fraction of sp³-hybridized carbons (Fsp3) is 0.400. The van der Waals surface area contributed by atoms with E-state index in [4.69, 9.17) is 9.63 Å². The number of hydrogen-bond donors (Lipinski definition) is 2. The zero-order valence-corrected chi connectivity index (χ0v) is 12.0. The lowest BCUT2D eigenvalue weighted by Gasteiger charge is -2.21. The largest absolute Gasteiger partial charge is 0.481 e. The summed E-state index contributed by atoms with van der Waals surface area (Å²) in [6.07, 6.45) is 0.114. The van der Waals surface area contributed by atoms with Crippen LogP contribution in [0.1, 0.15) is 5.69 Å². The summed E-state index contributed by atoms with van der Waals surface area (Å²) in [4.78, 5) is 25.2. The van der Waals surface area contributed by atoms with E-state index in [1.807, 2.05) is 18.2 Å². The third-order valence-electron chi connectivity index (χ3n) is 3.86. The minimum Gasteiger partial charge on any atom is -0.481 e. The summed E-state index contributed by atoms with van der Waals surface area (Å²) in [6, 6.07) is 7.37. The van der Waals surface area contributed by atoms with Crippen LogP contribution in [0.15, 0.2) is 28.8 Å². The Morgan fingerprint density at radius 1 is 1.41 bits per heavy atom. The SMILES string of the molecule is O=C(O)[C@@H]1CNCCN(C(=O)Cc2noc3ccccc23)C1. The number of carbonyl (C=O) groups excluding carboxylic acids is 1. The highest BCUT2D eigenvalue weighted by Gasteiger charge is 2.27. The van der Waals surface area contributed by atoms with E-state index in [9.17, 15) is 9.59 Å². The van der Waals surface area contributed by atoms with Crippen LogP contribution in [0.5, 0.6) is 0 Å². The molecule has 0 unspecified atom stereocenters. The fourth-order valence-electron chi connectivity index (χ4n) is 2.62. The Morgan fingerprint density at radius 2 is 2.23 bits per heavy atom. The predicted molar refractivity (Wildman–Crippen MR) is 78.3 cm³/mol. The summed E-state index contributed by atoms with van der Waals surface area (Å²) in [7, 11) is 0. The van der Waals surface area contributed by atoms with Crippen LogP contribution in [0.4, 0.5) is 0 Å². The van der Waals surface area contributed by atoms with Crippen LogP contribution in [-0.4, -0.2) is 53.2 Å². The Labute approximate surface area is 126 Å². The highest BCUT2D eigenvalue weighted by molar-refractivity contribution is 5.86. The molecule has 7 heteroatoms. The standard InChI is InChI=1S/C15H17N3O4/c19-14(18-6-5-16-8-10(9-18)15(20)21)7-12-11-3-1-2-4-13(11)22-17-12/h1-4,10,16H,5-9H2,(H,20,21)/t10-/m1/s1. The third-order valence-corrected chi connectivity index (χ3v) is 3.86. The maximum Gasteiger partial charge on any atom is 0.309 e. The van der Waals surface area contributed by atoms with Gasteiger partial charge in [-0.1, -0.05) is 17.3 Å². The molecule has 1 aromatic carbocycles. The van der Waals surface area contributed by atoms with E-state index in [0.29, 0.717) is 30.9 Å². The maximum atomic E-state index is 12.5. The number of para-hydroxylation sites is 1. The minimum atomic E-state index is -0.890. The van der Waals surface area contributed by atoms with Gasteiger partial charge in [0.2, 0.25) is 5.91 Å². The highest BCUT2D eigenvalue weighted by Crippen LogP contribution is 2.19. The van der Waals surface area contributed by atoms with Crippen LogP contribution in [0.2, 0.25) is 0 Å². The van der Waals surface area contributed by atoms with Crippen molar-refractivity contribution in [1.29, 1.82) is 0 Å². The lowest BCUT2D eigenvalue weighted by molar-refractivity contribution is -0.142. The Hall–Kier alpha value is -2.41. The number of aliphatic carboxylic acids is 1. The summed E-state index contributed by atoms with van der Waals surface area (Å²) < 4.78 is 5.19. The van der Waals surface area contributed by atoms with Gasteiger partial charge in [-0.3, -0.25) is 9.59 Å². The predicted octanol–water partition coefficient (Wildman–Crippen LogP) is 0.503. The number of rotatable bonds is 3. The van der Waals surface area contributed by atoms with Gasteiger partial charge in [0.15, 0.2) is 5.58 Å². The van der Waals surface area contributed by atoms with E-state index in [1.54, 1.807) is 11.0 Å². The van der Waals surface area contributed by atoms with Crippen LogP contribution >= 0.6 is 0 Å². The normalized spacial score (nSPS) is 19.1. The summed E-state index contributed by atoms with van der Waals surface area (Å²) in [5.74, 6) is -1.60. The van der Waals surface area contributed by atoms with Crippen LogP contribution in [-0.2, 0) is 16.0 Å². The van der Waals surface area contributed by atoms with Gasteiger partial charge in [-0.15, -0.1) is 0 Å². The maximum absolute atomic E-state index is 12.5. The van der Waals surface area contributed by atoms with Gasteiger partial charge in [-0.05, 0) is 12.1 Å². The zero-order chi connectivity index (χ0) is 15.5. The van der Waals surface area contributed by atoms with Crippen LogP contribution < -0.4 is 5.32 Å². The Balaban J connectivity index is 1.74. The lowest BCUT2D eigenvalue weighted by atomic mass is 10.1. The van der Waals surface area contributed by atoms with E-state index in [2.05, 4.69) is 10.5 Å². The molecule has 1 aliphatic heterocycles. The molecule has 3 rings (SSSR count). The smallest absolute Gasteiger partial charge is 0.309 e. The third kappa shape index (κ3) is 2.94. The molecule has 2 aromatic rings. The molecular weight excluding hydrogens is 286 g/mol. The lowest BCUT2D eigenvalue weighted by Crippen LogP contribution is -2.39. The topological polar surface area (TPSA) is 95.7 Å². The summed E-state index contributed by atoms with van der Waals surface area (Å²) in [5.41, 5.74) is 1.23.